The smallest absolute Gasteiger partial charge is 0.271 e. The van der Waals surface area contributed by atoms with Crippen LogP contribution in [0, 0.1) is 5.92 Å². The highest BCUT2D eigenvalue weighted by atomic mass is 32.2. The summed E-state index contributed by atoms with van der Waals surface area (Å²) in [6.45, 7) is 2.47. The van der Waals surface area contributed by atoms with Crippen LogP contribution in [0.2, 0.25) is 0 Å². The van der Waals surface area contributed by atoms with Gasteiger partial charge in [-0.2, -0.15) is 5.10 Å². The number of ether oxygens (including phenoxy) is 2. The van der Waals surface area contributed by atoms with Crippen LogP contribution in [0.1, 0.15) is 52.1 Å². The van der Waals surface area contributed by atoms with Crippen molar-refractivity contribution in [1.29, 1.82) is 0 Å². The molecule has 0 saturated carbocycles. The van der Waals surface area contributed by atoms with Gasteiger partial charge in [0.2, 0.25) is 0 Å². The van der Waals surface area contributed by atoms with Gasteiger partial charge in [-0.3, -0.25) is 14.9 Å². The molecular weight excluding hydrogens is 625 g/mol. The Kier molecular flexibility index (Phi) is 9.53. The summed E-state index contributed by atoms with van der Waals surface area (Å²) >= 11 is 1.56. The van der Waals surface area contributed by atoms with Crippen LogP contribution < -0.4 is 5.32 Å². The maximum absolute atomic E-state index is 12.9. The number of benzene rings is 4. The van der Waals surface area contributed by atoms with Gasteiger partial charge in [-0.25, -0.2) is 9.97 Å². The van der Waals surface area contributed by atoms with Crippen molar-refractivity contribution in [3.05, 3.63) is 138 Å². The number of nitrogens with one attached hydrogen (secondary N) is 2. The third-order valence-corrected chi connectivity index (χ3v) is 9.42. The fraction of sp³-hybridized carbons (Fsp3) is 0.216. The summed E-state index contributed by atoms with van der Waals surface area (Å²) in [6.07, 6.45) is 2.04. The van der Waals surface area contributed by atoms with Gasteiger partial charge < -0.3 is 19.9 Å². The van der Waals surface area contributed by atoms with Gasteiger partial charge in [-0.15, -0.1) is 0 Å². The molecule has 242 valence electrons. The highest BCUT2D eigenvalue weighted by Gasteiger charge is 2.38. The zero-order valence-electron chi connectivity index (χ0n) is 26.2. The SMILES string of the molecule is C[C@H]1[C@@H](CSc2ncn[nH]2)O[C@@H](c2cccc(-c3cccc(CNC(=O)c4cnc5ccccc5n4)c3)c2)O[C@H]1c1ccc(CO)cc1. The van der Waals surface area contributed by atoms with Gasteiger partial charge in [0.05, 0.1) is 36.0 Å². The molecule has 48 heavy (non-hydrogen) atoms. The lowest BCUT2D eigenvalue weighted by Crippen LogP contribution is -2.38. The third-order valence-electron chi connectivity index (χ3n) is 8.45. The van der Waals surface area contributed by atoms with E-state index >= 15 is 0 Å². The van der Waals surface area contributed by atoms with E-state index < -0.39 is 6.29 Å². The summed E-state index contributed by atoms with van der Waals surface area (Å²) in [5.74, 6) is 0.435. The minimum atomic E-state index is -0.602. The molecule has 1 fully saturated rings. The molecule has 0 radical (unpaired) electrons. The fourth-order valence-electron chi connectivity index (χ4n) is 5.80. The molecule has 1 aliphatic heterocycles. The predicted octanol–water partition coefficient (Wildman–Crippen LogP) is 6.42. The number of H-pyrrole nitrogens is 1. The van der Waals surface area contributed by atoms with Crippen LogP contribution in [0.3, 0.4) is 0 Å². The Morgan fingerprint density at radius 1 is 0.875 bits per heavy atom. The predicted molar refractivity (Wildman–Crippen MR) is 183 cm³/mol. The van der Waals surface area contributed by atoms with E-state index in [1.165, 1.54) is 12.5 Å². The van der Waals surface area contributed by atoms with Gasteiger partial charge in [0.1, 0.15) is 12.0 Å². The van der Waals surface area contributed by atoms with E-state index in [4.69, 9.17) is 9.47 Å². The number of hydrogen-bond acceptors (Lipinski definition) is 9. The molecule has 2 aromatic heterocycles. The summed E-state index contributed by atoms with van der Waals surface area (Å²) in [4.78, 5) is 26.0. The molecule has 1 saturated heterocycles. The minimum absolute atomic E-state index is 0.0109. The molecule has 3 heterocycles. The number of fused-ring (bicyclic) bond motifs is 1. The van der Waals surface area contributed by atoms with E-state index in [0.29, 0.717) is 17.8 Å². The Morgan fingerprint density at radius 2 is 1.67 bits per heavy atom. The minimum Gasteiger partial charge on any atom is -0.392 e. The van der Waals surface area contributed by atoms with Crippen LogP contribution in [0.25, 0.3) is 22.2 Å². The van der Waals surface area contributed by atoms with Gasteiger partial charge >= 0.3 is 0 Å². The maximum Gasteiger partial charge on any atom is 0.271 e. The van der Waals surface area contributed by atoms with E-state index in [1.54, 1.807) is 11.8 Å². The first-order valence-corrected chi connectivity index (χ1v) is 16.7. The van der Waals surface area contributed by atoms with Crippen molar-refractivity contribution in [2.24, 2.45) is 5.92 Å². The quantitative estimate of drug-likeness (QED) is 0.143. The Morgan fingerprint density at radius 3 is 2.46 bits per heavy atom. The number of aromatic nitrogens is 5. The van der Waals surface area contributed by atoms with Crippen molar-refractivity contribution < 1.29 is 19.4 Å². The van der Waals surface area contributed by atoms with E-state index in [0.717, 1.165) is 44.1 Å². The van der Waals surface area contributed by atoms with Gasteiger partial charge in [0.25, 0.3) is 5.91 Å². The number of aromatic amines is 1. The Bertz CT molecular complexity index is 2010. The number of thioether (sulfide) groups is 1. The van der Waals surface area contributed by atoms with Crippen LogP contribution in [0.4, 0.5) is 0 Å². The second kappa shape index (κ2) is 14.4. The van der Waals surface area contributed by atoms with E-state index in [-0.39, 0.29) is 36.3 Å². The van der Waals surface area contributed by atoms with Gasteiger partial charge in [0.15, 0.2) is 11.4 Å². The highest BCUT2D eigenvalue weighted by Crippen LogP contribution is 2.43. The molecule has 0 spiro atoms. The number of carbonyl (C=O) groups excluding carboxylic acids is 1. The zero-order valence-corrected chi connectivity index (χ0v) is 27.0. The summed E-state index contributed by atoms with van der Waals surface area (Å²) in [7, 11) is 0. The third kappa shape index (κ3) is 7.14. The number of carbonyl (C=O) groups is 1. The van der Waals surface area contributed by atoms with Gasteiger partial charge in [-0.1, -0.05) is 91.5 Å². The van der Waals surface area contributed by atoms with Crippen LogP contribution in [-0.4, -0.2) is 48.0 Å². The van der Waals surface area contributed by atoms with Crippen molar-refractivity contribution in [2.45, 2.75) is 43.7 Å². The normalized spacial score (nSPS) is 19.3. The second-order valence-electron chi connectivity index (χ2n) is 11.7. The molecule has 6 aromatic rings. The first-order chi connectivity index (χ1) is 23.5. The molecule has 1 amide bonds. The molecule has 0 aliphatic carbocycles. The molecule has 0 bridgehead atoms. The van der Waals surface area contributed by atoms with Crippen molar-refractivity contribution in [3.8, 4) is 11.1 Å². The lowest BCUT2D eigenvalue weighted by molar-refractivity contribution is -0.268. The molecule has 11 heteroatoms. The van der Waals surface area contributed by atoms with Crippen molar-refractivity contribution in [2.75, 3.05) is 5.75 Å². The summed E-state index contributed by atoms with van der Waals surface area (Å²) in [5.41, 5.74) is 7.45. The topological polar surface area (TPSA) is 135 Å². The van der Waals surface area contributed by atoms with Crippen LogP contribution in [-0.2, 0) is 22.6 Å². The Hall–Kier alpha value is -4.94. The van der Waals surface area contributed by atoms with Crippen molar-refractivity contribution >= 4 is 28.7 Å². The molecule has 3 N–H and O–H groups in total. The highest BCUT2D eigenvalue weighted by molar-refractivity contribution is 7.99. The van der Waals surface area contributed by atoms with Crippen LogP contribution in [0.5, 0.6) is 0 Å². The summed E-state index contributed by atoms with van der Waals surface area (Å²) in [6, 6.07) is 31.6. The molecule has 4 atom stereocenters. The number of aliphatic hydroxyl groups is 1. The van der Waals surface area contributed by atoms with Gasteiger partial charge in [-0.05, 0) is 52.1 Å². The van der Waals surface area contributed by atoms with Crippen LogP contribution in [0.15, 0.2) is 115 Å². The average Bonchev–Trinajstić information content (AvgIpc) is 3.67. The number of aliphatic hydroxyl groups excluding tert-OH is 1. The monoisotopic (exact) mass is 658 g/mol. The largest absolute Gasteiger partial charge is 0.392 e. The Balaban J connectivity index is 1.09. The molecule has 7 rings (SSSR count). The first-order valence-electron chi connectivity index (χ1n) is 15.7. The lowest BCUT2D eigenvalue weighted by Gasteiger charge is -2.41. The number of para-hydroxylation sites is 2. The van der Waals surface area contributed by atoms with E-state index in [1.807, 2.05) is 78.9 Å². The number of hydrogen-bond donors (Lipinski definition) is 3. The fourth-order valence-corrected chi connectivity index (χ4v) is 6.74. The van der Waals surface area contributed by atoms with E-state index in [2.05, 4.69) is 55.6 Å². The molecule has 1 aliphatic rings. The van der Waals surface area contributed by atoms with Gasteiger partial charge in [0, 0.05) is 23.8 Å². The maximum atomic E-state index is 12.9. The standard InChI is InChI=1S/C37H34N6O4S/c1-23-33(21-48-37-40-22-41-43-37)46-36(47-34(23)26-14-12-24(20-44)13-15-26)29-9-5-8-28(17-29)27-7-4-6-25(16-27)18-39-35(45)32-19-38-30-10-2-3-11-31(30)42-32/h2-17,19,22-23,33-34,36,44H,18,20-21H2,1H3,(H,39,45)(H,40,41,43)/t23-,33+,34+,36+/m0/s1. The first kappa shape index (κ1) is 31.6. The number of nitrogens with zero attached hydrogens (tertiary/aromatic N) is 4. The molecular formula is C37H34N6O4S. The number of amides is 1. The molecule has 10 nitrogen and oxygen atoms in total. The Labute approximate surface area is 282 Å². The number of rotatable bonds is 10. The molecule has 4 aromatic carbocycles. The van der Waals surface area contributed by atoms with E-state index in [9.17, 15) is 9.90 Å². The summed E-state index contributed by atoms with van der Waals surface area (Å²) < 4.78 is 13.3. The van der Waals surface area contributed by atoms with Crippen LogP contribution >= 0.6 is 11.8 Å². The second-order valence-corrected chi connectivity index (χ2v) is 12.7. The summed E-state index contributed by atoms with van der Waals surface area (Å²) in [5, 5.41) is 20.2. The van der Waals surface area contributed by atoms with Crippen molar-refractivity contribution in [1.82, 2.24) is 30.5 Å². The molecule has 0 unspecified atom stereocenters. The lowest BCUT2D eigenvalue weighted by atomic mass is 9.91. The average molecular weight is 659 g/mol. The van der Waals surface area contributed by atoms with Crippen molar-refractivity contribution in [3.63, 3.8) is 0 Å². The zero-order chi connectivity index (χ0) is 32.9.